The summed E-state index contributed by atoms with van der Waals surface area (Å²) < 4.78 is 12.2. The molecule has 0 saturated carbocycles. The third-order valence-electron chi connectivity index (χ3n) is 5.50. The number of piperazine rings is 1. The second-order valence-electron chi connectivity index (χ2n) is 7.42. The minimum Gasteiger partial charge on any atom is -0.442 e. The lowest BCUT2D eigenvalue weighted by Gasteiger charge is -2.36. The van der Waals surface area contributed by atoms with Crippen LogP contribution in [0.25, 0.3) is 11.1 Å². The van der Waals surface area contributed by atoms with Gasteiger partial charge in [0.05, 0.1) is 5.56 Å². The van der Waals surface area contributed by atoms with Gasteiger partial charge in [0, 0.05) is 52.1 Å². The second kappa shape index (κ2) is 8.71. The highest BCUT2D eigenvalue weighted by molar-refractivity contribution is 6.06. The third-order valence-corrected chi connectivity index (χ3v) is 5.50. The van der Waals surface area contributed by atoms with E-state index in [0.717, 1.165) is 18.8 Å². The molecular weight excluding hydrogens is 384 g/mol. The van der Waals surface area contributed by atoms with Crippen LogP contribution in [-0.2, 0) is 11.3 Å². The van der Waals surface area contributed by atoms with Gasteiger partial charge in [-0.25, -0.2) is 4.98 Å². The van der Waals surface area contributed by atoms with Crippen LogP contribution in [0.2, 0.25) is 0 Å². The number of rotatable bonds is 6. The Morgan fingerprint density at radius 3 is 2.60 bits per heavy atom. The van der Waals surface area contributed by atoms with Gasteiger partial charge in [0.1, 0.15) is 17.5 Å². The van der Waals surface area contributed by atoms with E-state index in [0.29, 0.717) is 44.0 Å². The van der Waals surface area contributed by atoms with Crippen LogP contribution < -0.4 is 10.5 Å². The number of benzene rings is 1. The smallest absolute Gasteiger partial charge is 0.265 e. The van der Waals surface area contributed by atoms with Crippen LogP contribution in [-0.4, -0.2) is 60.3 Å². The van der Waals surface area contributed by atoms with E-state index in [1.807, 2.05) is 18.2 Å². The fourth-order valence-corrected chi connectivity index (χ4v) is 3.90. The summed E-state index contributed by atoms with van der Waals surface area (Å²) in [6, 6.07) is 10.2. The number of carbonyl (C=O) groups excluding carboxylic acids is 1. The van der Waals surface area contributed by atoms with E-state index in [1.54, 1.807) is 18.9 Å². The summed E-state index contributed by atoms with van der Waals surface area (Å²) in [5, 5.41) is 0.267. The fourth-order valence-electron chi connectivity index (χ4n) is 3.90. The van der Waals surface area contributed by atoms with Crippen LogP contribution >= 0.6 is 0 Å². The highest BCUT2D eigenvalue weighted by atomic mass is 16.5. The first-order valence-corrected chi connectivity index (χ1v) is 10.2. The molecule has 1 amide bonds. The van der Waals surface area contributed by atoms with Gasteiger partial charge in [0.2, 0.25) is 5.71 Å². The van der Waals surface area contributed by atoms with Crippen molar-refractivity contribution < 1.29 is 13.9 Å². The van der Waals surface area contributed by atoms with Crippen LogP contribution in [0, 0.1) is 6.92 Å². The lowest BCUT2D eigenvalue weighted by molar-refractivity contribution is 0.0746. The molecule has 1 aliphatic rings. The Bertz CT molecular complexity index is 1080. The molecule has 1 aromatic carbocycles. The molecule has 8 nitrogen and oxygen atoms in total. The maximum Gasteiger partial charge on any atom is 0.265 e. The zero-order valence-electron chi connectivity index (χ0n) is 17.3. The molecule has 8 heteroatoms. The molecule has 0 radical (unpaired) electrons. The van der Waals surface area contributed by atoms with Crippen molar-refractivity contribution in [2.75, 3.05) is 44.8 Å². The van der Waals surface area contributed by atoms with Crippen molar-refractivity contribution in [2.45, 2.75) is 19.9 Å². The van der Waals surface area contributed by atoms with Crippen molar-refractivity contribution in [2.24, 2.45) is 0 Å². The van der Waals surface area contributed by atoms with E-state index in [4.69, 9.17) is 9.15 Å². The van der Waals surface area contributed by atoms with Gasteiger partial charge < -0.3 is 19.0 Å². The maximum absolute atomic E-state index is 13.3. The molecule has 3 heterocycles. The number of nitrogens with zero attached hydrogens (tertiary/aromatic N) is 4. The Morgan fingerprint density at radius 1 is 1.17 bits per heavy atom. The predicted octanol–water partition coefficient (Wildman–Crippen LogP) is 2.30. The zero-order chi connectivity index (χ0) is 21.1. The Morgan fingerprint density at radius 2 is 1.90 bits per heavy atom. The van der Waals surface area contributed by atoms with Gasteiger partial charge >= 0.3 is 0 Å². The number of aromatic nitrogens is 2. The molecule has 0 unspecified atom stereocenters. The summed E-state index contributed by atoms with van der Waals surface area (Å²) in [6.07, 6.45) is 2.15. The van der Waals surface area contributed by atoms with Gasteiger partial charge in [0.15, 0.2) is 0 Å². The lowest BCUT2D eigenvalue weighted by atomic mass is 10.1. The number of carbonyl (C=O) groups is 1. The normalized spacial score (nSPS) is 14.5. The average Bonchev–Trinajstić information content (AvgIpc) is 3.12. The highest BCUT2D eigenvalue weighted by Crippen LogP contribution is 2.24. The molecule has 0 spiro atoms. The second-order valence-corrected chi connectivity index (χ2v) is 7.42. The molecule has 3 aromatic rings. The number of furan rings is 1. The molecule has 1 saturated heterocycles. The number of hydrogen-bond donors (Lipinski definition) is 0. The predicted molar refractivity (Wildman–Crippen MR) is 114 cm³/mol. The summed E-state index contributed by atoms with van der Waals surface area (Å²) in [7, 11) is 1.62. The van der Waals surface area contributed by atoms with Crippen LogP contribution in [0.3, 0.4) is 0 Å². The van der Waals surface area contributed by atoms with Gasteiger partial charge in [-0.1, -0.05) is 18.2 Å². The molecule has 1 fully saturated rings. The third kappa shape index (κ3) is 3.82. The van der Waals surface area contributed by atoms with E-state index in [9.17, 15) is 9.59 Å². The molecule has 0 aliphatic carbocycles. The monoisotopic (exact) mass is 410 g/mol. The standard InChI is InChI=1S/C22H26N4O4/c1-16-18(19-20(30-16)23-15-26(22(19)28)9-6-14-29-2)21(27)25-12-10-24(11-13-25)17-7-4-3-5-8-17/h3-5,7-8,15H,6,9-14H2,1-2H3. The number of aryl methyl sites for hydroxylation is 2. The Hall–Kier alpha value is -3.13. The van der Waals surface area contributed by atoms with Crippen molar-refractivity contribution in [3.8, 4) is 0 Å². The summed E-state index contributed by atoms with van der Waals surface area (Å²) in [5.41, 5.74) is 1.44. The zero-order valence-corrected chi connectivity index (χ0v) is 17.3. The van der Waals surface area contributed by atoms with Gasteiger partial charge in [-0.3, -0.25) is 14.2 Å². The number of fused-ring (bicyclic) bond motifs is 1. The Balaban J connectivity index is 1.56. The van der Waals surface area contributed by atoms with Gasteiger partial charge in [-0.15, -0.1) is 0 Å². The first kappa shape index (κ1) is 20.2. The van der Waals surface area contributed by atoms with Crippen molar-refractivity contribution in [1.29, 1.82) is 0 Å². The first-order chi connectivity index (χ1) is 14.6. The molecule has 0 bridgehead atoms. The van der Waals surface area contributed by atoms with Gasteiger partial charge in [-0.2, -0.15) is 0 Å². The molecular formula is C22H26N4O4. The van der Waals surface area contributed by atoms with Crippen LogP contribution in [0.5, 0.6) is 0 Å². The SMILES string of the molecule is COCCCn1cnc2oc(C)c(C(=O)N3CCN(c4ccccc4)CC3)c2c1=O. The summed E-state index contributed by atoms with van der Waals surface area (Å²) >= 11 is 0. The first-order valence-electron chi connectivity index (χ1n) is 10.2. The van der Waals surface area contributed by atoms with Crippen LogP contribution in [0.4, 0.5) is 5.69 Å². The van der Waals surface area contributed by atoms with E-state index < -0.39 is 0 Å². The quantitative estimate of drug-likeness (QED) is 0.580. The molecule has 158 valence electrons. The van der Waals surface area contributed by atoms with Crippen LogP contribution in [0.1, 0.15) is 22.5 Å². The van der Waals surface area contributed by atoms with E-state index >= 15 is 0 Å². The molecule has 4 rings (SSSR count). The van der Waals surface area contributed by atoms with Crippen molar-refractivity contribution in [1.82, 2.24) is 14.5 Å². The van der Waals surface area contributed by atoms with Crippen molar-refractivity contribution in [3.05, 3.63) is 58.3 Å². The molecule has 0 N–H and O–H groups in total. The number of hydrogen-bond acceptors (Lipinski definition) is 6. The minimum atomic E-state index is -0.251. The van der Waals surface area contributed by atoms with E-state index in [2.05, 4.69) is 22.0 Å². The van der Waals surface area contributed by atoms with Gasteiger partial charge in [-0.05, 0) is 25.5 Å². The number of methoxy groups -OCH3 is 1. The fraction of sp³-hybridized carbons (Fsp3) is 0.409. The van der Waals surface area contributed by atoms with E-state index in [1.165, 1.54) is 10.9 Å². The maximum atomic E-state index is 13.3. The van der Waals surface area contributed by atoms with Crippen LogP contribution in [0.15, 0.2) is 45.9 Å². The Kier molecular flexibility index (Phi) is 5.85. The van der Waals surface area contributed by atoms with E-state index in [-0.39, 0.29) is 22.6 Å². The number of ether oxygens (including phenoxy) is 1. The highest BCUT2D eigenvalue weighted by Gasteiger charge is 2.29. The topological polar surface area (TPSA) is 80.8 Å². The summed E-state index contributed by atoms with van der Waals surface area (Å²) in [4.78, 5) is 34.6. The molecule has 1 aliphatic heterocycles. The number of para-hydroxylation sites is 1. The lowest BCUT2D eigenvalue weighted by Crippen LogP contribution is -2.49. The molecule has 0 atom stereocenters. The average molecular weight is 410 g/mol. The summed E-state index contributed by atoms with van der Waals surface area (Å²) in [6.45, 7) is 5.39. The Labute approximate surface area is 174 Å². The minimum absolute atomic E-state index is 0.174. The molecule has 30 heavy (non-hydrogen) atoms. The number of anilines is 1. The summed E-state index contributed by atoms with van der Waals surface area (Å²) in [5.74, 6) is 0.257. The van der Waals surface area contributed by atoms with Crippen molar-refractivity contribution >= 4 is 22.7 Å². The van der Waals surface area contributed by atoms with Crippen molar-refractivity contribution in [3.63, 3.8) is 0 Å². The molecule has 2 aromatic heterocycles. The van der Waals surface area contributed by atoms with Gasteiger partial charge in [0.25, 0.3) is 11.5 Å². The number of amides is 1. The largest absolute Gasteiger partial charge is 0.442 e.